The van der Waals surface area contributed by atoms with E-state index in [0.29, 0.717) is 0 Å². The van der Waals surface area contributed by atoms with Crippen LogP contribution in [0.3, 0.4) is 0 Å². The molecule has 1 radical (unpaired) electrons. The van der Waals surface area contributed by atoms with Crippen molar-refractivity contribution in [1.82, 2.24) is 0 Å². The van der Waals surface area contributed by atoms with E-state index in [4.69, 9.17) is 19.1 Å². The summed E-state index contributed by atoms with van der Waals surface area (Å²) in [4.78, 5) is 0. The summed E-state index contributed by atoms with van der Waals surface area (Å²) in [6.07, 6.45) is 0. The minimum Gasteiger partial charge on any atom is 0 e. The molecule has 0 heterocycles. The van der Waals surface area contributed by atoms with Crippen LogP contribution in [0.5, 0.6) is 0 Å². The molecular formula is Cl2CuPd2. The predicted molar refractivity (Wildman–Crippen MR) is 11.7 cm³/mol. The number of hydrogen-bond donors (Lipinski definition) is 0. The molecule has 0 aromatic heterocycles. The molecule has 0 aromatic rings. The normalized spacial score (nSPS) is 4.40. The molecule has 0 saturated carbocycles. The summed E-state index contributed by atoms with van der Waals surface area (Å²) in [6.45, 7) is 0. The Labute approximate surface area is 71.6 Å². The fourth-order valence-corrected chi connectivity index (χ4v) is 0. The Morgan fingerprint density at radius 3 is 1.20 bits per heavy atom. The third-order valence-electron chi connectivity index (χ3n) is 0. The van der Waals surface area contributed by atoms with E-state index in [-0.39, 0.29) is 53.4 Å². The predicted octanol–water partition coefficient (Wildman–Crippen LogP) is 1.37. The molecule has 0 unspecified atom stereocenters. The Morgan fingerprint density at radius 2 is 1.20 bits per heavy atom. The van der Waals surface area contributed by atoms with Crippen LogP contribution >= 0.6 is 19.1 Å². The maximum absolute atomic E-state index is 4.81. The Hall–Kier alpha value is 2.42. The maximum atomic E-state index is 4.81. The molecule has 0 aromatic carbocycles. The van der Waals surface area contributed by atoms with E-state index in [1.54, 1.807) is 0 Å². The van der Waals surface area contributed by atoms with Crippen LogP contribution in [0.2, 0.25) is 0 Å². The zero-order valence-electron chi connectivity index (χ0n) is 1.69. The van der Waals surface area contributed by atoms with Gasteiger partial charge in [0.25, 0.3) is 0 Å². The zero-order chi connectivity index (χ0) is 2.71. The second-order valence-corrected chi connectivity index (χ2v) is 2.41. The van der Waals surface area contributed by atoms with Gasteiger partial charge in [0.1, 0.15) is 0 Å². The van der Waals surface area contributed by atoms with Crippen LogP contribution in [0.25, 0.3) is 0 Å². The van der Waals surface area contributed by atoms with Crippen molar-refractivity contribution in [2.75, 3.05) is 0 Å². The van der Waals surface area contributed by atoms with Crippen molar-refractivity contribution in [1.29, 1.82) is 0 Å². The molecule has 0 N–H and O–H groups in total. The van der Waals surface area contributed by atoms with Gasteiger partial charge in [-0.15, -0.1) is 0 Å². The molecule has 0 aliphatic carbocycles. The van der Waals surface area contributed by atoms with E-state index in [2.05, 4.69) is 0 Å². The van der Waals surface area contributed by atoms with Gasteiger partial charge in [-0.05, 0) is 0 Å². The van der Waals surface area contributed by atoms with Gasteiger partial charge in [0.15, 0.2) is 0 Å². The first kappa shape index (κ1) is 15.7. The van der Waals surface area contributed by atoms with Gasteiger partial charge in [-0.25, -0.2) is 0 Å². The third kappa shape index (κ3) is 21.4. The van der Waals surface area contributed by atoms with E-state index in [1.807, 2.05) is 0 Å². The molecule has 0 nitrogen and oxygen atoms in total. The van der Waals surface area contributed by atoms with Gasteiger partial charge in [0.05, 0.1) is 0 Å². The number of hydrogen-bond acceptors (Lipinski definition) is 0. The summed E-state index contributed by atoms with van der Waals surface area (Å²) in [5, 5.41) is 0. The van der Waals surface area contributed by atoms with Gasteiger partial charge in [0, 0.05) is 37.5 Å². The molecule has 0 amide bonds. The van der Waals surface area contributed by atoms with Gasteiger partial charge in [-0.2, -0.15) is 0 Å². The van der Waals surface area contributed by atoms with Crippen LogP contribution in [-0.2, 0) is 53.4 Å². The zero-order valence-corrected chi connectivity index (χ0v) is 7.25. The molecular weight excluding hydrogens is 347 g/mol. The maximum Gasteiger partial charge on any atom is 0 e. The molecule has 0 bridgehead atoms. The average Bonchev–Trinajstić information content (AvgIpc) is 0.918. The van der Waals surface area contributed by atoms with Crippen molar-refractivity contribution < 1.29 is 53.4 Å². The van der Waals surface area contributed by atoms with Crippen LogP contribution in [0.4, 0.5) is 0 Å². The fourth-order valence-electron chi connectivity index (χ4n) is 0. The summed E-state index contributed by atoms with van der Waals surface area (Å²) in [5.74, 6) is 0. The van der Waals surface area contributed by atoms with E-state index in [0.717, 1.165) is 0 Å². The molecule has 0 rings (SSSR count). The monoisotopic (exact) mass is 345 g/mol. The summed E-state index contributed by atoms with van der Waals surface area (Å²) < 4.78 is 0. The largest absolute Gasteiger partial charge is 0 e. The minimum atomic E-state index is -0.106. The molecule has 0 aliphatic heterocycles. The van der Waals surface area contributed by atoms with Crippen LogP contribution in [-0.4, -0.2) is 0 Å². The van der Waals surface area contributed by atoms with Crippen LogP contribution in [0.1, 0.15) is 0 Å². The minimum absolute atomic E-state index is 0. The van der Waals surface area contributed by atoms with E-state index >= 15 is 0 Å². The van der Waals surface area contributed by atoms with Gasteiger partial charge < -0.3 is 0 Å². The third-order valence-corrected chi connectivity index (χ3v) is 0. The van der Waals surface area contributed by atoms with Crippen molar-refractivity contribution in [2.45, 2.75) is 0 Å². The van der Waals surface area contributed by atoms with Crippen molar-refractivity contribution in [3.63, 3.8) is 0 Å². The fraction of sp³-hybridized carbons (Fsp3) is 0. The molecule has 45 valence electrons. The molecule has 0 atom stereocenters. The van der Waals surface area contributed by atoms with E-state index in [9.17, 15) is 0 Å². The summed E-state index contributed by atoms with van der Waals surface area (Å²) in [6, 6.07) is 0. The first-order valence-electron chi connectivity index (χ1n) is 0.239. The van der Waals surface area contributed by atoms with Crippen molar-refractivity contribution in [3.05, 3.63) is 0 Å². The Balaban J connectivity index is -0.0000000200. The molecule has 0 spiro atoms. The van der Waals surface area contributed by atoms with Crippen LogP contribution in [0, 0.1) is 0 Å². The van der Waals surface area contributed by atoms with Gasteiger partial charge in [-0.3, -0.25) is 0 Å². The van der Waals surface area contributed by atoms with E-state index in [1.165, 1.54) is 0 Å². The van der Waals surface area contributed by atoms with Crippen LogP contribution < -0.4 is 0 Å². The van der Waals surface area contributed by atoms with Gasteiger partial charge >= 0.3 is 35.0 Å². The van der Waals surface area contributed by atoms with Crippen LogP contribution in [0.15, 0.2) is 0 Å². The Bertz CT molecular complexity index is 7.61. The SMILES string of the molecule is [Cl][Pd][Cl].[Cu].[Pd]. The molecule has 0 saturated heterocycles. The summed E-state index contributed by atoms with van der Waals surface area (Å²) >= 11 is -0.106. The second-order valence-electron chi connectivity index (χ2n) is 0.0452. The molecule has 0 aliphatic rings. The summed E-state index contributed by atoms with van der Waals surface area (Å²) in [7, 11) is 9.63. The Morgan fingerprint density at radius 1 is 1.20 bits per heavy atom. The first-order valence-corrected chi connectivity index (χ1v) is 4.24. The molecule has 5 heteroatoms. The topological polar surface area (TPSA) is 0 Å². The van der Waals surface area contributed by atoms with Crippen molar-refractivity contribution in [2.24, 2.45) is 0 Å². The van der Waals surface area contributed by atoms with Gasteiger partial charge in [-0.1, -0.05) is 0 Å². The number of halogens is 2. The smallest absolute Gasteiger partial charge is 0 e. The van der Waals surface area contributed by atoms with Crippen molar-refractivity contribution in [3.8, 4) is 0 Å². The van der Waals surface area contributed by atoms with Crippen molar-refractivity contribution >= 4 is 19.1 Å². The average molecular weight is 347 g/mol. The number of rotatable bonds is 0. The summed E-state index contributed by atoms with van der Waals surface area (Å²) in [5.41, 5.74) is 0. The standard InChI is InChI=1S/2ClH.Cu.2Pd/h2*1H;;;/q;;;;+2/p-2. The molecule has 0 fully saturated rings. The second kappa shape index (κ2) is 16.1. The quantitative estimate of drug-likeness (QED) is 0.581. The van der Waals surface area contributed by atoms with Gasteiger partial charge in [0.2, 0.25) is 0 Å². The Kier molecular flexibility index (Phi) is 50.5. The van der Waals surface area contributed by atoms with E-state index < -0.39 is 0 Å². The first-order chi connectivity index (χ1) is 1.41. The molecule has 5 heavy (non-hydrogen) atoms.